The third-order valence-electron chi connectivity index (χ3n) is 3.81. The summed E-state index contributed by atoms with van der Waals surface area (Å²) in [7, 11) is 0. The monoisotopic (exact) mass is 347 g/mol. The van der Waals surface area contributed by atoms with Crippen molar-refractivity contribution in [1.82, 2.24) is 25.6 Å². The maximum atomic E-state index is 12.2. The van der Waals surface area contributed by atoms with Crippen molar-refractivity contribution in [3.63, 3.8) is 0 Å². The molecule has 8 heteroatoms. The fourth-order valence-corrected chi connectivity index (χ4v) is 3.25. The lowest BCUT2D eigenvalue weighted by Crippen LogP contribution is -2.43. The summed E-state index contributed by atoms with van der Waals surface area (Å²) in [4.78, 5) is 24.9. The molecule has 0 radical (unpaired) electrons. The number of rotatable bonds is 5. The number of hydrogen-bond donors (Lipinski definition) is 2. The molecule has 1 atom stereocenters. The minimum atomic E-state index is -0.0843. The molecule has 2 aromatic rings. The molecule has 24 heavy (non-hydrogen) atoms. The molecule has 128 valence electrons. The molecule has 0 saturated carbocycles. The Hall–Kier alpha value is -1.90. The van der Waals surface area contributed by atoms with Crippen LogP contribution in [0.15, 0.2) is 24.0 Å². The number of carbonyl (C=O) groups is 1. The van der Waals surface area contributed by atoms with Gasteiger partial charge in [-0.3, -0.25) is 14.8 Å². The van der Waals surface area contributed by atoms with E-state index in [0.29, 0.717) is 19.8 Å². The molecule has 1 aliphatic heterocycles. The van der Waals surface area contributed by atoms with Gasteiger partial charge < -0.3 is 15.4 Å². The Morgan fingerprint density at radius 1 is 1.50 bits per heavy atom. The van der Waals surface area contributed by atoms with Crippen LogP contribution in [0.25, 0.3) is 10.7 Å². The minimum absolute atomic E-state index is 0.0310. The predicted octanol–water partition coefficient (Wildman–Crippen LogP) is 0.885. The van der Waals surface area contributed by atoms with Crippen molar-refractivity contribution in [3.8, 4) is 10.7 Å². The van der Waals surface area contributed by atoms with Gasteiger partial charge in [0.2, 0.25) is 5.91 Å². The van der Waals surface area contributed by atoms with E-state index >= 15 is 0 Å². The van der Waals surface area contributed by atoms with E-state index in [1.165, 1.54) is 11.3 Å². The molecule has 3 rings (SSSR count). The Morgan fingerprint density at radius 2 is 2.42 bits per heavy atom. The van der Waals surface area contributed by atoms with Crippen molar-refractivity contribution in [2.45, 2.75) is 13.3 Å². The molecule has 2 N–H and O–H groups in total. The fourth-order valence-electron chi connectivity index (χ4n) is 2.47. The van der Waals surface area contributed by atoms with Crippen LogP contribution < -0.4 is 10.6 Å². The maximum Gasteiger partial charge on any atom is 0.226 e. The molecule has 3 heterocycles. The third-order valence-corrected chi connectivity index (χ3v) is 4.73. The number of carbonyl (C=O) groups excluding carboxylic acids is 1. The van der Waals surface area contributed by atoms with Crippen LogP contribution in [-0.4, -0.2) is 53.7 Å². The molecule has 1 amide bonds. The SMILES string of the molecule is CC1(CNC(=O)Cc2csc(-c3cnccn3)n2)CNCCOC1. The lowest BCUT2D eigenvalue weighted by atomic mass is 9.91. The second-order valence-electron chi connectivity index (χ2n) is 6.23. The topological polar surface area (TPSA) is 89.0 Å². The summed E-state index contributed by atoms with van der Waals surface area (Å²) < 4.78 is 5.58. The Balaban J connectivity index is 1.53. The van der Waals surface area contributed by atoms with E-state index in [4.69, 9.17) is 4.74 Å². The summed E-state index contributed by atoms with van der Waals surface area (Å²) in [5.74, 6) is -0.0310. The molecule has 1 aliphatic rings. The van der Waals surface area contributed by atoms with Crippen LogP contribution >= 0.6 is 11.3 Å². The van der Waals surface area contributed by atoms with Gasteiger partial charge in [-0.1, -0.05) is 6.92 Å². The van der Waals surface area contributed by atoms with Crippen molar-refractivity contribution < 1.29 is 9.53 Å². The van der Waals surface area contributed by atoms with Crippen LogP contribution in [0.5, 0.6) is 0 Å². The van der Waals surface area contributed by atoms with E-state index in [2.05, 4.69) is 32.5 Å². The summed E-state index contributed by atoms with van der Waals surface area (Å²) in [6, 6.07) is 0. The first kappa shape index (κ1) is 16.9. The van der Waals surface area contributed by atoms with Crippen LogP contribution in [0, 0.1) is 5.41 Å². The normalized spacial score (nSPS) is 21.2. The zero-order chi connectivity index (χ0) is 16.8. The second-order valence-corrected chi connectivity index (χ2v) is 7.09. The lowest BCUT2D eigenvalue weighted by Gasteiger charge is -2.27. The van der Waals surface area contributed by atoms with Crippen LogP contribution in [0.2, 0.25) is 0 Å². The summed E-state index contributed by atoms with van der Waals surface area (Å²) in [6.07, 6.45) is 5.19. The molecule has 2 aromatic heterocycles. The van der Waals surface area contributed by atoms with E-state index in [9.17, 15) is 4.79 Å². The van der Waals surface area contributed by atoms with Crippen molar-refractivity contribution in [3.05, 3.63) is 29.7 Å². The molecule has 1 fully saturated rings. The molecule has 0 aromatic carbocycles. The van der Waals surface area contributed by atoms with E-state index in [-0.39, 0.29) is 17.7 Å². The van der Waals surface area contributed by atoms with Gasteiger partial charge in [0.05, 0.1) is 31.5 Å². The van der Waals surface area contributed by atoms with Gasteiger partial charge in [-0.05, 0) is 0 Å². The van der Waals surface area contributed by atoms with Crippen molar-refractivity contribution in [1.29, 1.82) is 0 Å². The van der Waals surface area contributed by atoms with Crippen molar-refractivity contribution >= 4 is 17.2 Å². The summed E-state index contributed by atoms with van der Waals surface area (Å²) in [5.41, 5.74) is 1.39. The molecule has 0 bridgehead atoms. The van der Waals surface area contributed by atoms with Gasteiger partial charge >= 0.3 is 0 Å². The number of nitrogens with one attached hydrogen (secondary N) is 2. The van der Waals surface area contributed by atoms with Gasteiger partial charge in [-0.15, -0.1) is 11.3 Å². The smallest absolute Gasteiger partial charge is 0.226 e. The van der Waals surface area contributed by atoms with Crippen LogP contribution in [-0.2, 0) is 16.0 Å². The highest BCUT2D eigenvalue weighted by atomic mass is 32.1. The summed E-state index contributed by atoms with van der Waals surface area (Å²) >= 11 is 1.47. The first-order valence-corrected chi connectivity index (χ1v) is 8.79. The third kappa shape index (κ3) is 4.56. The van der Waals surface area contributed by atoms with Crippen molar-refractivity contribution in [2.75, 3.05) is 32.8 Å². The van der Waals surface area contributed by atoms with Gasteiger partial charge in [0, 0.05) is 42.8 Å². The second kappa shape index (κ2) is 7.78. The Kier molecular flexibility index (Phi) is 5.49. The van der Waals surface area contributed by atoms with Crippen LogP contribution in [0.1, 0.15) is 12.6 Å². The Bertz CT molecular complexity index is 668. The zero-order valence-electron chi connectivity index (χ0n) is 13.6. The van der Waals surface area contributed by atoms with E-state index in [1.807, 2.05) is 5.38 Å². The molecule has 1 unspecified atom stereocenters. The standard InChI is InChI=1S/C16H21N5O2S/c1-16(9-18-4-5-23-11-16)10-20-14(22)6-12-8-24-15(21-12)13-7-17-2-3-19-13/h2-3,7-8,18H,4-6,9-11H2,1H3,(H,20,22). The fraction of sp³-hybridized carbons (Fsp3) is 0.500. The average Bonchev–Trinajstić information content (AvgIpc) is 2.95. The number of ether oxygens (including phenoxy) is 1. The predicted molar refractivity (Wildman–Crippen MR) is 91.6 cm³/mol. The van der Waals surface area contributed by atoms with Gasteiger partial charge in [-0.25, -0.2) is 4.98 Å². The highest BCUT2D eigenvalue weighted by Crippen LogP contribution is 2.21. The van der Waals surface area contributed by atoms with Crippen molar-refractivity contribution in [2.24, 2.45) is 5.41 Å². The Labute approximate surface area is 144 Å². The highest BCUT2D eigenvalue weighted by Gasteiger charge is 2.27. The lowest BCUT2D eigenvalue weighted by molar-refractivity contribution is -0.121. The first-order valence-electron chi connectivity index (χ1n) is 7.91. The van der Waals surface area contributed by atoms with E-state index in [0.717, 1.165) is 29.5 Å². The molecule has 0 spiro atoms. The van der Waals surface area contributed by atoms with E-state index in [1.54, 1.807) is 18.6 Å². The molecular formula is C16H21N5O2S. The van der Waals surface area contributed by atoms with Gasteiger partial charge in [-0.2, -0.15) is 0 Å². The summed E-state index contributed by atoms with van der Waals surface area (Å²) in [6.45, 7) is 5.75. The number of amides is 1. The zero-order valence-corrected chi connectivity index (χ0v) is 14.4. The number of thiazole rings is 1. The molecular weight excluding hydrogens is 326 g/mol. The van der Waals surface area contributed by atoms with Gasteiger partial charge in [0.1, 0.15) is 10.7 Å². The largest absolute Gasteiger partial charge is 0.379 e. The summed E-state index contributed by atoms with van der Waals surface area (Å²) in [5, 5.41) is 9.00. The Morgan fingerprint density at radius 3 is 3.25 bits per heavy atom. The minimum Gasteiger partial charge on any atom is -0.379 e. The van der Waals surface area contributed by atoms with Crippen LogP contribution in [0.4, 0.5) is 0 Å². The molecule has 7 nitrogen and oxygen atoms in total. The molecule has 1 saturated heterocycles. The number of nitrogens with zero attached hydrogens (tertiary/aromatic N) is 3. The van der Waals surface area contributed by atoms with Crippen LogP contribution in [0.3, 0.4) is 0 Å². The highest BCUT2D eigenvalue weighted by molar-refractivity contribution is 7.13. The van der Waals surface area contributed by atoms with Gasteiger partial charge in [0.15, 0.2) is 0 Å². The number of hydrogen-bond acceptors (Lipinski definition) is 7. The average molecular weight is 347 g/mol. The first-order chi connectivity index (χ1) is 11.6. The maximum absolute atomic E-state index is 12.2. The quantitative estimate of drug-likeness (QED) is 0.835. The van der Waals surface area contributed by atoms with Gasteiger partial charge in [0.25, 0.3) is 0 Å². The number of aromatic nitrogens is 3. The molecule has 0 aliphatic carbocycles. The van der Waals surface area contributed by atoms with E-state index < -0.39 is 0 Å².